The smallest absolute Gasteiger partial charge is 0.226 e. The van der Waals surface area contributed by atoms with Gasteiger partial charge in [-0.2, -0.15) is 0 Å². The van der Waals surface area contributed by atoms with Gasteiger partial charge in [-0.1, -0.05) is 22.0 Å². The van der Waals surface area contributed by atoms with Crippen LogP contribution in [0.1, 0.15) is 23.4 Å². The second-order valence-corrected chi connectivity index (χ2v) is 6.74. The number of thiazole rings is 1. The number of amides is 1. The summed E-state index contributed by atoms with van der Waals surface area (Å²) >= 11 is 4.89. The predicted octanol–water partition coefficient (Wildman–Crippen LogP) is 4.32. The fourth-order valence-electron chi connectivity index (χ4n) is 1.69. The average Bonchev–Trinajstić information content (AvgIpc) is 2.73. The summed E-state index contributed by atoms with van der Waals surface area (Å²) in [7, 11) is 0. The highest BCUT2D eigenvalue weighted by Crippen LogP contribution is 2.21. The molecule has 0 fully saturated rings. The van der Waals surface area contributed by atoms with E-state index in [0.29, 0.717) is 24.6 Å². The lowest BCUT2D eigenvalue weighted by Gasteiger charge is -2.06. The highest BCUT2D eigenvalue weighted by Gasteiger charge is 2.07. The first-order valence-electron chi connectivity index (χ1n) is 6.67. The summed E-state index contributed by atoms with van der Waals surface area (Å²) in [4.78, 5) is 17.2. The summed E-state index contributed by atoms with van der Waals surface area (Å²) in [5, 5.41) is 3.49. The van der Waals surface area contributed by atoms with Crippen molar-refractivity contribution in [2.45, 2.75) is 26.7 Å². The minimum absolute atomic E-state index is 0.0263. The standard InChI is InChI=1S/C15H17BrN2O2S/c1-10-11(2)21-15(17-10)18-14(19)7-4-8-20-13-6-3-5-12(16)9-13/h3,5-6,9H,4,7-8H2,1-2H3,(H,17,18,19). The molecule has 21 heavy (non-hydrogen) atoms. The number of anilines is 1. The van der Waals surface area contributed by atoms with Crippen LogP contribution in [0.25, 0.3) is 0 Å². The van der Waals surface area contributed by atoms with Gasteiger partial charge in [0.25, 0.3) is 0 Å². The zero-order valence-corrected chi connectivity index (χ0v) is 14.4. The number of carbonyl (C=O) groups is 1. The number of benzene rings is 1. The molecule has 0 bridgehead atoms. The lowest BCUT2D eigenvalue weighted by atomic mass is 10.3. The van der Waals surface area contributed by atoms with Crippen LogP contribution in [0, 0.1) is 13.8 Å². The van der Waals surface area contributed by atoms with E-state index in [4.69, 9.17) is 4.74 Å². The molecule has 1 N–H and O–H groups in total. The molecule has 0 aliphatic carbocycles. The number of aryl methyl sites for hydroxylation is 2. The van der Waals surface area contributed by atoms with Crippen molar-refractivity contribution in [3.05, 3.63) is 39.3 Å². The SMILES string of the molecule is Cc1nc(NC(=O)CCCOc2cccc(Br)c2)sc1C. The van der Waals surface area contributed by atoms with Crippen molar-refractivity contribution >= 4 is 38.3 Å². The number of hydrogen-bond acceptors (Lipinski definition) is 4. The number of halogens is 1. The molecule has 1 amide bonds. The molecular weight excluding hydrogens is 352 g/mol. The van der Waals surface area contributed by atoms with Crippen molar-refractivity contribution in [1.29, 1.82) is 0 Å². The molecule has 4 nitrogen and oxygen atoms in total. The Bertz CT molecular complexity index is 608. The van der Waals surface area contributed by atoms with Gasteiger partial charge >= 0.3 is 0 Å². The molecule has 1 aromatic carbocycles. The van der Waals surface area contributed by atoms with E-state index in [2.05, 4.69) is 26.2 Å². The van der Waals surface area contributed by atoms with Gasteiger partial charge in [0.05, 0.1) is 12.3 Å². The van der Waals surface area contributed by atoms with E-state index in [1.165, 1.54) is 11.3 Å². The zero-order valence-electron chi connectivity index (χ0n) is 12.0. The number of aromatic nitrogens is 1. The molecular formula is C15H17BrN2O2S. The Balaban J connectivity index is 1.70. The Morgan fingerprint density at radius 2 is 2.24 bits per heavy atom. The molecule has 6 heteroatoms. The number of ether oxygens (including phenoxy) is 1. The molecule has 112 valence electrons. The maximum Gasteiger partial charge on any atom is 0.226 e. The summed E-state index contributed by atoms with van der Waals surface area (Å²) in [6.07, 6.45) is 1.09. The molecule has 0 spiro atoms. The lowest BCUT2D eigenvalue weighted by Crippen LogP contribution is -2.12. The van der Waals surface area contributed by atoms with Crippen LogP contribution in [0.15, 0.2) is 28.7 Å². The van der Waals surface area contributed by atoms with Crippen molar-refractivity contribution in [3.8, 4) is 5.75 Å². The molecule has 2 rings (SSSR count). The first kappa shape index (κ1) is 16.0. The van der Waals surface area contributed by atoms with Crippen molar-refractivity contribution in [2.75, 3.05) is 11.9 Å². The Kier molecular flexibility index (Phi) is 5.76. The highest BCUT2D eigenvalue weighted by atomic mass is 79.9. The molecule has 0 atom stereocenters. The van der Waals surface area contributed by atoms with Gasteiger partial charge in [0, 0.05) is 15.8 Å². The summed E-state index contributed by atoms with van der Waals surface area (Å²) in [6.45, 7) is 4.45. The largest absolute Gasteiger partial charge is 0.494 e. The Hall–Kier alpha value is -1.40. The van der Waals surface area contributed by atoms with E-state index in [-0.39, 0.29) is 5.91 Å². The van der Waals surface area contributed by atoms with Crippen LogP contribution in [-0.2, 0) is 4.79 Å². The third-order valence-electron chi connectivity index (χ3n) is 2.89. The Labute approximate surface area is 136 Å². The molecule has 1 aromatic heterocycles. The molecule has 2 aromatic rings. The maximum absolute atomic E-state index is 11.8. The van der Waals surface area contributed by atoms with Gasteiger partial charge in [-0.3, -0.25) is 4.79 Å². The van der Waals surface area contributed by atoms with Gasteiger partial charge in [-0.05, 0) is 38.5 Å². The third kappa shape index (κ3) is 5.13. The van der Waals surface area contributed by atoms with Gasteiger partial charge in [0.1, 0.15) is 5.75 Å². The number of hydrogen-bond donors (Lipinski definition) is 1. The van der Waals surface area contributed by atoms with E-state index in [0.717, 1.165) is 20.8 Å². The monoisotopic (exact) mass is 368 g/mol. The van der Waals surface area contributed by atoms with Crippen LogP contribution in [-0.4, -0.2) is 17.5 Å². The van der Waals surface area contributed by atoms with Gasteiger partial charge in [0.2, 0.25) is 5.91 Å². The molecule has 0 unspecified atom stereocenters. The molecule has 0 aliphatic rings. The van der Waals surface area contributed by atoms with Crippen molar-refractivity contribution in [1.82, 2.24) is 4.98 Å². The molecule has 0 saturated carbocycles. The van der Waals surface area contributed by atoms with Gasteiger partial charge in [0.15, 0.2) is 5.13 Å². The predicted molar refractivity (Wildman–Crippen MR) is 89.1 cm³/mol. The number of carbonyl (C=O) groups excluding carboxylic acids is 1. The lowest BCUT2D eigenvalue weighted by molar-refractivity contribution is -0.116. The van der Waals surface area contributed by atoms with Gasteiger partial charge in [-0.25, -0.2) is 4.98 Å². The van der Waals surface area contributed by atoms with Crippen LogP contribution in [0.3, 0.4) is 0 Å². The summed E-state index contributed by atoms with van der Waals surface area (Å²) in [6, 6.07) is 7.66. The average molecular weight is 369 g/mol. The fraction of sp³-hybridized carbons (Fsp3) is 0.333. The highest BCUT2D eigenvalue weighted by molar-refractivity contribution is 9.10. The quantitative estimate of drug-likeness (QED) is 0.772. The fourth-order valence-corrected chi connectivity index (χ4v) is 2.90. The Morgan fingerprint density at radius 3 is 2.90 bits per heavy atom. The summed E-state index contributed by atoms with van der Waals surface area (Å²) < 4.78 is 6.57. The van der Waals surface area contributed by atoms with Crippen LogP contribution < -0.4 is 10.1 Å². The van der Waals surface area contributed by atoms with Crippen molar-refractivity contribution in [3.63, 3.8) is 0 Å². The van der Waals surface area contributed by atoms with E-state index in [1.54, 1.807) is 0 Å². The molecule has 0 radical (unpaired) electrons. The minimum atomic E-state index is -0.0263. The van der Waals surface area contributed by atoms with Gasteiger partial charge < -0.3 is 10.1 Å². The number of nitrogens with one attached hydrogen (secondary N) is 1. The summed E-state index contributed by atoms with van der Waals surface area (Å²) in [5.74, 6) is 0.776. The second-order valence-electron chi connectivity index (χ2n) is 4.62. The summed E-state index contributed by atoms with van der Waals surface area (Å²) in [5.41, 5.74) is 0.966. The molecule has 0 saturated heterocycles. The number of rotatable bonds is 6. The van der Waals surface area contributed by atoms with E-state index < -0.39 is 0 Å². The first-order chi connectivity index (χ1) is 10.0. The molecule has 0 aliphatic heterocycles. The van der Waals surface area contributed by atoms with E-state index in [9.17, 15) is 4.79 Å². The zero-order chi connectivity index (χ0) is 15.2. The maximum atomic E-state index is 11.8. The minimum Gasteiger partial charge on any atom is -0.494 e. The van der Waals surface area contributed by atoms with E-state index in [1.807, 2.05) is 38.1 Å². The van der Waals surface area contributed by atoms with Crippen molar-refractivity contribution < 1.29 is 9.53 Å². The Morgan fingerprint density at radius 1 is 1.43 bits per heavy atom. The normalized spacial score (nSPS) is 10.4. The van der Waals surface area contributed by atoms with Crippen molar-refractivity contribution in [2.24, 2.45) is 0 Å². The van der Waals surface area contributed by atoms with Crippen LogP contribution in [0.2, 0.25) is 0 Å². The van der Waals surface area contributed by atoms with Crippen LogP contribution in [0.4, 0.5) is 5.13 Å². The number of nitrogens with zero attached hydrogens (tertiary/aromatic N) is 1. The molecule has 1 heterocycles. The van der Waals surface area contributed by atoms with Gasteiger partial charge in [-0.15, -0.1) is 11.3 Å². The van der Waals surface area contributed by atoms with E-state index >= 15 is 0 Å². The van der Waals surface area contributed by atoms with Crippen LogP contribution in [0.5, 0.6) is 5.75 Å². The topological polar surface area (TPSA) is 51.2 Å². The second kappa shape index (κ2) is 7.56. The first-order valence-corrected chi connectivity index (χ1v) is 8.28. The van der Waals surface area contributed by atoms with Crippen LogP contribution >= 0.6 is 27.3 Å². The third-order valence-corrected chi connectivity index (χ3v) is 4.37.